The quantitative estimate of drug-likeness (QED) is 0.888. The third kappa shape index (κ3) is 2.10. The molecule has 0 amide bonds. The van der Waals surface area contributed by atoms with Crippen molar-refractivity contribution in [1.82, 2.24) is 0 Å². The van der Waals surface area contributed by atoms with E-state index in [0.29, 0.717) is 0 Å². The molecule has 90 valence electrons. The first-order chi connectivity index (χ1) is 8.84. The van der Waals surface area contributed by atoms with E-state index in [0.717, 1.165) is 11.3 Å². The first kappa shape index (κ1) is 11.3. The molecule has 2 heterocycles. The van der Waals surface area contributed by atoms with Gasteiger partial charge in [0.1, 0.15) is 0 Å². The summed E-state index contributed by atoms with van der Waals surface area (Å²) in [7, 11) is 0. The minimum absolute atomic E-state index is 0.616. The number of aliphatic hydroxyl groups excluding tert-OH is 1. The Kier molecular flexibility index (Phi) is 3.00. The van der Waals surface area contributed by atoms with Crippen LogP contribution in [0, 0.1) is 0 Å². The fourth-order valence-electron chi connectivity index (χ4n) is 1.99. The zero-order valence-corrected chi connectivity index (χ0v) is 10.5. The van der Waals surface area contributed by atoms with Gasteiger partial charge >= 0.3 is 0 Å². The molecule has 3 heteroatoms. The molecule has 2 nitrogen and oxygen atoms in total. The van der Waals surface area contributed by atoms with Crippen molar-refractivity contribution in [2.45, 2.75) is 6.23 Å². The lowest BCUT2D eigenvalue weighted by atomic mass is 10.1. The van der Waals surface area contributed by atoms with E-state index in [1.165, 1.54) is 4.88 Å². The third-order valence-electron chi connectivity index (χ3n) is 2.89. The fourth-order valence-corrected chi connectivity index (χ4v) is 2.72. The van der Waals surface area contributed by atoms with Crippen LogP contribution in [0.2, 0.25) is 0 Å². The molecular formula is C15H13NOS. The zero-order chi connectivity index (χ0) is 12.4. The Bertz CT molecular complexity index is 572. The van der Waals surface area contributed by atoms with Crippen molar-refractivity contribution < 1.29 is 5.11 Å². The lowest BCUT2D eigenvalue weighted by molar-refractivity contribution is 0.227. The van der Waals surface area contributed by atoms with E-state index in [9.17, 15) is 5.11 Å². The molecule has 0 radical (unpaired) electrons. The van der Waals surface area contributed by atoms with E-state index in [4.69, 9.17) is 0 Å². The number of aliphatic hydroxyl groups is 1. The molecule has 0 spiro atoms. The molecule has 18 heavy (non-hydrogen) atoms. The second-order valence-corrected chi connectivity index (χ2v) is 5.02. The normalized spacial score (nSPS) is 18.8. The SMILES string of the molecule is OC1C=C(c2cccs2)C=CN1c1ccccc1. The van der Waals surface area contributed by atoms with Crippen molar-refractivity contribution in [3.8, 4) is 0 Å². The Morgan fingerprint density at radius 1 is 1.06 bits per heavy atom. The smallest absolute Gasteiger partial charge is 0.150 e. The summed E-state index contributed by atoms with van der Waals surface area (Å²) in [5, 5.41) is 12.2. The highest BCUT2D eigenvalue weighted by molar-refractivity contribution is 7.11. The van der Waals surface area contributed by atoms with Crippen molar-refractivity contribution in [2.75, 3.05) is 4.90 Å². The summed E-state index contributed by atoms with van der Waals surface area (Å²) in [4.78, 5) is 3.02. The summed E-state index contributed by atoms with van der Waals surface area (Å²) in [6, 6.07) is 13.9. The number of hydrogen-bond donors (Lipinski definition) is 1. The minimum atomic E-state index is -0.616. The Morgan fingerprint density at radius 3 is 2.56 bits per heavy atom. The van der Waals surface area contributed by atoms with E-state index < -0.39 is 6.23 Å². The van der Waals surface area contributed by atoms with Crippen LogP contribution >= 0.6 is 11.3 Å². The van der Waals surface area contributed by atoms with Crippen LogP contribution < -0.4 is 4.90 Å². The molecule has 1 N–H and O–H groups in total. The Labute approximate surface area is 110 Å². The van der Waals surface area contributed by atoms with Crippen molar-refractivity contribution in [1.29, 1.82) is 0 Å². The minimum Gasteiger partial charge on any atom is -0.370 e. The molecule has 0 saturated heterocycles. The summed E-state index contributed by atoms with van der Waals surface area (Å²) >= 11 is 1.68. The molecular weight excluding hydrogens is 242 g/mol. The molecule has 1 aliphatic heterocycles. The Hall–Kier alpha value is -1.84. The van der Waals surface area contributed by atoms with E-state index in [2.05, 4.69) is 6.07 Å². The molecule has 0 aliphatic carbocycles. The van der Waals surface area contributed by atoms with Crippen LogP contribution in [0.3, 0.4) is 0 Å². The monoisotopic (exact) mass is 255 g/mol. The molecule has 1 aliphatic rings. The predicted molar refractivity (Wildman–Crippen MR) is 76.4 cm³/mol. The number of benzene rings is 1. The van der Waals surface area contributed by atoms with Crippen LogP contribution in [0.5, 0.6) is 0 Å². The molecule has 1 unspecified atom stereocenters. The molecule has 2 aromatic rings. The predicted octanol–water partition coefficient (Wildman–Crippen LogP) is 3.48. The van der Waals surface area contributed by atoms with E-state index >= 15 is 0 Å². The largest absolute Gasteiger partial charge is 0.370 e. The summed E-state index contributed by atoms with van der Waals surface area (Å²) in [6.45, 7) is 0. The maximum Gasteiger partial charge on any atom is 0.150 e. The molecule has 0 saturated carbocycles. The fraction of sp³-hybridized carbons (Fsp3) is 0.0667. The van der Waals surface area contributed by atoms with E-state index in [1.807, 2.05) is 65.0 Å². The van der Waals surface area contributed by atoms with Crippen LogP contribution in [-0.2, 0) is 0 Å². The van der Waals surface area contributed by atoms with Crippen LogP contribution in [0.25, 0.3) is 5.57 Å². The highest BCUT2D eigenvalue weighted by Crippen LogP contribution is 2.28. The lowest BCUT2D eigenvalue weighted by Crippen LogP contribution is -2.30. The van der Waals surface area contributed by atoms with Gasteiger partial charge in [-0.15, -0.1) is 11.3 Å². The zero-order valence-electron chi connectivity index (χ0n) is 9.73. The topological polar surface area (TPSA) is 23.5 Å². The number of anilines is 1. The van der Waals surface area contributed by atoms with Crippen LogP contribution in [0.4, 0.5) is 5.69 Å². The highest BCUT2D eigenvalue weighted by Gasteiger charge is 2.16. The van der Waals surface area contributed by atoms with Gasteiger partial charge < -0.3 is 10.0 Å². The number of nitrogens with zero attached hydrogens (tertiary/aromatic N) is 1. The standard InChI is InChI=1S/C15H13NOS/c17-15-11-12(14-7-4-10-18-14)8-9-16(15)13-5-2-1-3-6-13/h1-11,15,17H. The Morgan fingerprint density at radius 2 is 1.89 bits per heavy atom. The number of thiophene rings is 1. The lowest BCUT2D eigenvalue weighted by Gasteiger charge is -2.27. The first-order valence-corrected chi connectivity index (χ1v) is 6.68. The van der Waals surface area contributed by atoms with Crippen LogP contribution in [-0.4, -0.2) is 11.3 Å². The van der Waals surface area contributed by atoms with Gasteiger partial charge in [-0.1, -0.05) is 24.3 Å². The van der Waals surface area contributed by atoms with Gasteiger partial charge in [-0.2, -0.15) is 0 Å². The second kappa shape index (κ2) is 4.80. The van der Waals surface area contributed by atoms with Crippen LogP contribution in [0.1, 0.15) is 4.88 Å². The summed E-state index contributed by atoms with van der Waals surface area (Å²) < 4.78 is 0. The first-order valence-electron chi connectivity index (χ1n) is 5.80. The maximum absolute atomic E-state index is 10.2. The van der Waals surface area contributed by atoms with Gasteiger partial charge in [-0.3, -0.25) is 0 Å². The molecule has 3 rings (SSSR count). The van der Waals surface area contributed by atoms with Crippen molar-refractivity contribution in [3.63, 3.8) is 0 Å². The van der Waals surface area contributed by atoms with Gasteiger partial charge in [0.25, 0.3) is 0 Å². The van der Waals surface area contributed by atoms with E-state index in [-0.39, 0.29) is 0 Å². The van der Waals surface area contributed by atoms with Gasteiger partial charge in [0.15, 0.2) is 6.23 Å². The number of hydrogen-bond acceptors (Lipinski definition) is 3. The molecule has 1 aromatic carbocycles. The van der Waals surface area contributed by atoms with Gasteiger partial charge in [0, 0.05) is 16.8 Å². The van der Waals surface area contributed by atoms with E-state index in [1.54, 1.807) is 11.3 Å². The number of allylic oxidation sites excluding steroid dienone is 2. The average Bonchev–Trinajstić information content (AvgIpc) is 2.93. The third-order valence-corrected chi connectivity index (χ3v) is 3.81. The molecule has 1 atom stereocenters. The Balaban J connectivity index is 1.87. The van der Waals surface area contributed by atoms with Crippen molar-refractivity contribution in [2.24, 2.45) is 0 Å². The van der Waals surface area contributed by atoms with Gasteiger partial charge in [0.2, 0.25) is 0 Å². The van der Waals surface area contributed by atoms with Crippen molar-refractivity contribution >= 4 is 22.6 Å². The summed E-state index contributed by atoms with van der Waals surface area (Å²) in [5.41, 5.74) is 2.06. The number of para-hydroxylation sites is 1. The van der Waals surface area contributed by atoms with Crippen LogP contribution in [0.15, 0.2) is 66.2 Å². The van der Waals surface area contributed by atoms with Crippen molar-refractivity contribution in [3.05, 3.63) is 71.1 Å². The highest BCUT2D eigenvalue weighted by atomic mass is 32.1. The van der Waals surface area contributed by atoms with Gasteiger partial charge in [-0.25, -0.2) is 0 Å². The number of rotatable bonds is 2. The average molecular weight is 255 g/mol. The summed E-state index contributed by atoms with van der Waals surface area (Å²) in [5.74, 6) is 0. The molecule has 1 aromatic heterocycles. The second-order valence-electron chi connectivity index (χ2n) is 4.07. The van der Waals surface area contributed by atoms with Gasteiger partial charge in [0.05, 0.1) is 0 Å². The molecule has 0 bridgehead atoms. The molecule has 0 fully saturated rings. The maximum atomic E-state index is 10.2. The summed E-state index contributed by atoms with van der Waals surface area (Å²) in [6.07, 6.45) is 5.22. The van der Waals surface area contributed by atoms with Gasteiger partial charge in [-0.05, 0) is 41.3 Å².